The Morgan fingerprint density at radius 3 is 1.80 bits per heavy atom. The molecule has 4 atom stereocenters. The van der Waals surface area contributed by atoms with Crippen molar-refractivity contribution in [2.75, 3.05) is 18.8 Å². The van der Waals surface area contributed by atoms with Crippen LogP contribution in [0, 0.1) is 0 Å². The largest absolute Gasteiger partial charge is 0.481 e. The van der Waals surface area contributed by atoms with Gasteiger partial charge in [0.1, 0.15) is 18.1 Å². The van der Waals surface area contributed by atoms with Crippen LogP contribution in [-0.2, 0) is 24.0 Å². The van der Waals surface area contributed by atoms with E-state index in [0.29, 0.717) is 25.8 Å². The van der Waals surface area contributed by atoms with Gasteiger partial charge in [-0.05, 0) is 38.6 Å². The quantitative estimate of drug-likeness (QED) is 0.0365. The maximum atomic E-state index is 13.0. The molecule has 0 bridgehead atoms. The lowest BCUT2D eigenvalue weighted by molar-refractivity contribution is -0.147. The summed E-state index contributed by atoms with van der Waals surface area (Å²) in [4.78, 5) is 64.0. The molecule has 0 aromatic carbocycles. The van der Waals surface area contributed by atoms with Gasteiger partial charge in [0, 0.05) is 12.3 Å². The number of carboxylic acid groups (broad SMARTS) is 2. The predicted octanol–water partition coefficient (Wildman–Crippen LogP) is -3.56. The van der Waals surface area contributed by atoms with Crippen LogP contribution >= 0.6 is 12.6 Å². The zero-order chi connectivity index (χ0) is 27.0. The van der Waals surface area contributed by atoms with Crippen molar-refractivity contribution >= 4 is 48.2 Å². The number of aliphatic imine (C=N–C) groups is 1. The molecular weight excluding hydrogens is 484 g/mol. The van der Waals surface area contributed by atoms with Crippen LogP contribution in [0.25, 0.3) is 0 Å². The molecule has 0 aromatic heterocycles. The number of guanidine groups is 1. The number of hydrogen-bond donors (Lipinski definition) is 10. The Morgan fingerprint density at radius 1 is 0.829 bits per heavy atom. The normalized spacial score (nSPS) is 14.0. The van der Waals surface area contributed by atoms with E-state index in [4.69, 9.17) is 28.0 Å². The Kier molecular flexibility index (Phi) is 15.8. The smallest absolute Gasteiger partial charge is 0.326 e. The van der Waals surface area contributed by atoms with E-state index >= 15 is 0 Å². The van der Waals surface area contributed by atoms with Crippen LogP contribution in [-0.4, -0.2) is 88.8 Å². The van der Waals surface area contributed by atoms with Crippen LogP contribution in [0.3, 0.4) is 0 Å². The lowest BCUT2D eigenvalue weighted by Gasteiger charge is -2.25. The number of nitrogens with zero attached hydrogens (tertiary/aromatic N) is 1. The average Bonchev–Trinajstić information content (AvgIpc) is 2.78. The van der Waals surface area contributed by atoms with E-state index in [-0.39, 0.29) is 31.1 Å². The first-order chi connectivity index (χ1) is 16.4. The molecule has 0 aliphatic heterocycles. The zero-order valence-corrected chi connectivity index (χ0v) is 20.2. The van der Waals surface area contributed by atoms with E-state index in [1.54, 1.807) is 0 Å². The molecule has 0 saturated heterocycles. The minimum atomic E-state index is -1.70. The summed E-state index contributed by atoms with van der Waals surface area (Å²) >= 11 is 3.95. The second-order valence-electron chi connectivity index (χ2n) is 7.64. The third-order valence-electron chi connectivity index (χ3n) is 4.68. The summed E-state index contributed by atoms with van der Waals surface area (Å²) in [6.45, 7) is 0.501. The molecule has 0 spiro atoms. The van der Waals surface area contributed by atoms with Gasteiger partial charge in [0.2, 0.25) is 17.7 Å². The van der Waals surface area contributed by atoms with Crippen LogP contribution < -0.4 is 38.9 Å². The van der Waals surface area contributed by atoms with Gasteiger partial charge in [0.25, 0.3) is 0 Å². The summed E-state index contributed by atoms with van der Waals surface area (Å²) in [6.07, 6.45) is 0.580. The van der Waals surface area contributed by atoms with E-state index in [0.717, 1.165) is 0 Å². The lowest BCUT2D eigenvalue weighted by atomic mass is 10.1. The first kappa shape index (κ1) is 31.9. The van der Waals surface area contributed by atoms with E-state index in [9.17, 15) is 29.1 Å². The topological polar surface area (TPSA) is 278 Å². The first-order valence-corrected chi connectivity index (χ1v) is 11.5. The fourth-order valence-corrected chi connectivity index (χ4v) is 2.98. The molecule has 0 aromatic rings. The highest BCUT2D eigenvalue weighted by Crippen LogP contribution is 2.06. The van der Waals surface area contributed by atoms with Gasteiger partial charge in [-0.25, -0.2) is 4.79 Å². The summed E-state index contributed by atoms with van der Waals surface area (Å²) in [5, 5.41) is 25.2. The van der Waals surface area contributed by atoms with E-state index in [2.05, 4.69) is 33.6 Å². The number of thiol groups is 1. The van der Waals surface area contributed by atoms with Gasteiger partial charge in [-0.3, -0.25) is 24.2 Å². The molecule has 13 N–H and O–H groups in total. The highest BCUT2D eigenvalue weighted by molar-refractivity contribution is 7.80. The number of nitrogens with two attached hydrogens (primary N) is 4. The van der Waals surface area contributed by atoms with Gasteiger partial charge in [-0.2, -0.15) is 12.6 Å². The molecule has 0 heterocycles. The summed E-state index contributed by atoms with van der Waals surface area (Å²) in [6, 6.07) is -5.00. The molecule has 200 valence electrons. The second kappa shape index (κ2) is 17.3. The molecule has 3 amide bonds. The number of carboxylic acids is 2. The average molecular weight is 521 g/mol. The van der Waals surface area contributed by atoms with Crippen molar-refractivity contribution in [3.05, 3.63) is 0 Å². The van der Waals surface area contributed by atoms with Gasteiger partial charge in [0.15, 0.2) is 5.96 Å². The number of rotatable bonds is 18. The summed E-state index contributed by atoms with van der Waals surface area (Å²) in [7, 11) is 0. The van der Waals surface area contributed by atoms with Crippen LogP contribution in [0.4, 0.5) is 0 Å². The Morgan fingerprint density at radius 2 is 1.34 bits per heavy atom. The maximum Gasteiger partial charge on any atom is 0.326 e. The fourth-order valence-electron chi connectivity index (χ4n) is 2.81. The molecule has 35 heavy (non-hydrogen) atoms. The van der Waals surface area contributed by atoms with Crippen LogP contribution in [0.2, 0.25) is 0 Å². The van der Waals surface area contributed by atoms with Crippen molar-refractivity contribution in [2.24, 2.45) is 27.9 Å². The minimum Gasteiger partial charge on any atom is -0.481 e. The van der Waals surface area contributed by atoms with Crippen LogP contribution in [0.15, 0.2) is 4.99 Å². The van der Waals surface area contributed by atoms with Crippen molar-refractivity contribution in [3.8, 4) is 0 Å². The first-order valence-electron chi connectivity index (χ1n) is 10.9. The standard InChI is InChI=1S/C19H36N8O7S/c20-6-2-1-4-11(17(32)27-13(18(33)34)8-14(28)29)26-16(31)12(5-3-7-24-19(22)23)25-15(30)10(21)9-35/h10-13,35H,1-9,20-21H2,(H,25,30)(H,26,31)(H,27,32)(H,28,29)(H,33,34)(H4,22,23,24). The molecule has 15 nitrogen and oxygen atoms in total. The van der Waals surface area contributed by atoms with Crippen molar-refractivity contribution < 1.29 is 34.2 Å². The predicted molar refractivity (Wildman–Crippen MR) is 130 cm³/mol. The van der Waals surface area contributed by atoms with Gasteiger partial charge in [0.05, 0.1) is 12.5 Å². The third kappa shape index (κ3) is 14.0. The molecule has 0 rings (SSSR count). The maximum absolute atomic E-state index is 13.0. The van der Waals surface area contributed by atoms with Gasteiger partial charge >= 0.3 is 11.9 Å². The lowest BCUT2D eigenvalue weighted by Crippen LogP contribution is -2.57. The minimum absolute atomic E-state index is 0.0262. The Labute approximate surface area is 208 Å². The molecule has 0 saturated carbocycles. The number of carbonyl (C=O) groups is 5. The number of nitrogens with one attached hydrogen (secondary N) is 3. The number of aliphatic carboxylic acids is 2. The van der Waals surface area contributed by atoms with Gasteiger partial charge in [-0.1, -0.05) is 0 Å². The van der Waals surface area contributed by atoms with Crippen molar-refractivity contribution in [2.45, 2.75) is 62.7 Å². The molecule has 16 heteroatoms. The number of amides is 3. The van der Waals surface area contributed by atoms with Crippen molar-refractivity contribution in [1.29, 1.82) is 0 Å². The summed E-state index contributed by atoms with van der Waals surface area (Å²) in [5.41, 5.74) is 21.7. The van der Waals surface area contributed by atoms with Crippen LogP contribution in [0.1, 0.15) is 38.5 Å². The second-order valence-corrected chi connectivity index (χ2v) is 8.01. The van der Waals surface area contributed by atoms with Crippen molar-refractivity contribution in [1.82, 2.24) is 16.0 Å². The molecular formula is C19H36N8O7S. The zero-order valence-electron chi connectivity index (χ0n) is 19.3. The molecule has 4 unspecified atom stereocenters. The molecule has 0 radical (unpaired) electrons. The van der Waals surface area contributed by atoms with E-state index < -0.39 is 60.2 Å². The highest BCUT2D eigenvalue weighted by Gasteiger charge is 2.30. The summed E-state index contributed by atoms with van der Waals surface area (Å²) in [5.74, 6) is -5.34. The number of hydrogen-bond acceptors (Lipinski definition) is 9. The Hall–Kier alpha value is -3.11. The third-order valence-corrected chi connectivity index (χ3v) is 5.08. The monoisotopic (exact) mass is 520 g/mol. The fraction of sp³-hybridized carbons (Fsp3) is 0.684. The molecule has 0 aliphatic carbocycles. The van der Waals surface area contributed by atoms with Gasteiger partial charge in [-0.15, -0.1) is 0 Å². The van der Waals surface area contributed by atoms with E-state index in [1.807, 2.05) is 0 Å². The van der Waals surface area contributed by atoms with Crippen molar-refractivity contribution in [3.63, 3.8) is 0 Å². The SMILES string of the molecule is NCCCCC(NC(=O)C(CCCN=C(N)N)NC(=O)C(N)CS)C(=O)NC(CC(=O)O)C(=O)O. The Bertz CT molecular complexity index is 763. The highest BCUT2D eigenvalue weighted by atomic mass is 32.1. The molecule has 0 aliphatic rings. The van der Waals surface area contributed by atoms with Crippen LogP contribution in [0.5, 0.6) is 0 Å². The van der Waals surface area contributed by atoms with E-state index in [1.165, 1.54) is 0 Å². The van der Waals surface area contributed by atoms with Gasteiger partial charge < -0.3 is 49.1 Å². The number of unbranched alkanes of at least 4 members (excludes halogenated alkanes) is 1. The molecule has 0 fully saturated rings. The summed E-state index contributed by atoms with van der Waals surface area (Å²) < 4.78 is 0. The Balaban J connectivity index is 5.56. The number of carbonyl (C=O) groups excluding carboxylic acids is 3.